The average Bonchev–Trinajstić information content (AvgIpc) is 3.00. The molecule has 13 heteroatoms. The van der Waals surface area contributed by atoms with Gasteiger partial charge in [0.1, 0.15) is 0 Å². The molecule has 0 unspecified atom stereocenters. The van der Waals surface area contributed by atoms with Crippen molar-refractivity contribution in [1.29, 1.82) is 0 Å². The average molecular weight is 604 g/mol. The van der Waals surface area contributed by atoms with Gasteiger partial charge >= 0.3 is 11.9 Å². The van der Waals surface area contributed by atoms with Crippen LogP contribution in [0.1, 0.15) is 112 Å². The number of esters is 2. The van der Waals surface area contributed by atoms with Crippen molar-refractivity contribution in [3.63, 3.8) is 0 Å². The maximum Gasteiger partial charge on any atom is 0.339 e. The molecule has 0 aromatic heterocycles. The van der Waals surface area contributed by atoms with Crippen LogP contribution in [0.4, 0.5) is 17.1 Å². The highest BCUT2D eigenvalue weighted by molar-refractivity contribution is 6.03. The van der Waals surface area contributed by atoms with Crippen molar-refractivity contribution in [2.75, 3.05) is 13.2 Å². The second kappa shape index (κ2) is 21.3. The van der Waals surface area contributed by atoms with E-state index in [4.69, 9.17) is 9.47 Å². The number of benzene rings is 2. The number of rotatable bonds is 19. The molecule has 2 rings (SSSR count). The molecule has 0 radical (unpaired) electrons. The zero-order valence-corrected chi connectivity index (χ0v) is 24.9. The van der Waals surface area contributed by atoms with Crippen molar-refractivity contribution in [2.45, 2.75) is 90.9 Å². The predicted molar refractivity (Wildman–Crippen MR) is 160 cm³/mol. The molecule has 2 aromatic rings. The van der Waals surface area contributed by atoms with Crippen LogP contribution >= 0.6 is 0 Å². The van der Waals surface area contributed by atoms with Gasteiger partial charge in [0.25, 0.3) is 17.1 Å². The number of hydrogen-bond acceptors (Lipinski definition) is 10. The molecule has 43 heavy (non-hydrogen) atoms. The Morgan fingerprint density at radius 2 is 0.860 bits per heavy atom. The van der Waals surface area contributed by atoms with Gasteiger partial charge < -0.3 is 9.47 Å². The number of ether oxygens (including phenoxy) is 2. The fourth-order valence-corrected chi connectivity index (χ4v) is 3.98. The van der Waals surface area contributed by atoms with E-state index in [2.05, 4.69) is 13.8 Å². The fraction of sp³-hybridized carbons (Fsp3) is 0.533. The monoisotopic (exact) mass is 603 g/mol. The summed E-state index contributed by atoms with van der Waals surface area (Å²) in [4.78, 5) is 52.8. The highest BCUT2D eigenvalue weighted by Crippen LogP contribution is 2.26. The van der Waals surface area contributed by atoms with Crippen LogP contribution in [-0.4, -0.2) is 39.9 Å². The van der Waals surface area contributed by atoms with Crippen molar-refractivity contribution < 1.29 is 33.8 Å². The molecule has 0 amide bonds. The fourth-order valence-electron chi connectivity index (χ4n) is 3.98. The Labute approximate surface area is 251 Å². The third-order valence-electron chi connectivity index (χ3n) is 6.35. The zero-order chi connectivity index (χ0) is 32.0. The topological polar surface area (TPSA) is 182 Å². The number of nitrogens with zero attached hydrogens (tertiary/aromatic N) is 3. The Bertz CT molecular complexity index is 1070. The first-order valence-electron chi connectivity index (χ1n) is 14.6. The number of carbonyl (C=O) groups excluding carboxylic acids is 2. The van der Waals surface area contributed by atoms with E-state index in [1.165, 1.54) is 51.4 Å². The standard InChI is InChI=1S/C24H38O4.C6H3N3O6/c1-3-5-7-9-11-15-19-27-23(25)21-17-13-14-18-22(21)24(26)28-20-16-12-10-8-6-4-2;10-7(11)4-1-5(8(12)13)3-6(2-4)9(14)15/h13-14,17-18H,3-12,15-16,19-20H2,1-2H3;1-3H. The lowest BCUT2D eigenvalue weighted by Crippen LogP contribution is -2.15. The minimum absolute atomic E-state index is 0.293. The van der Waals surface area contributed by atoms with Crippen LogP contribution < -0.4 is 0 Å². The summed E-state index contributed by atoms with van der Waals surface area (Å²) in [5.41, 5.74) is -1.47. The van der Waals surface area contributed by atoms with Crippen LogP contribution in [0.25, 0.3) is 0 Å². The molecule has 0 spiro atoms. The quantitative estimate of drug-likeness (QED) is 0.0657. The van der Waals surface area contributed by atoms with Crippen LogP contribution in [0.15, 0.2) is 42.5 Å². The van der Waals surface area contributed by atoms with Gasteiger partial charge in [-0.05, 0) is 25.0 Å². The highest BCUT2D eigenvalue weighted by Gasteiger charge is 2.22. The smallest absolute Gasteiger partial charge is 0.339 e. The lowest BCUT2D eigenvalue weighted by atomic mass is 10.1. The SMILES string of the molecule is CCCCCCCCOC(=O)c1ccccc1C(=O)OCCCCCCCC.O=[N+]([O-])c1cc([N+](=O)[O-])cc([N+](=O)[O-])c1. The van der Waals surface area contributed by atoms with Crippen molar-refractivity contribution >= 4 is 29.0 Å². The van der Waals surface area contributed by atoms with E-state index in [0.29, 0.717) is 42.5 Å². The molecule has 0 atom stereocenters. The second-order valence-corrected chi connectivity index (χ2v) is 9.83. The minimum Gasteiger partial charge on any atom is -0.462 e. The van der Waals surface area contributed by atoms with Gasteiger partial charge in [-0.2, -0.15) is 0 Å². The summed E-state index contributed by atoms with van der Waals surface area (Å²) in [7, 11) is 0. The summed E-state index contributed by atoms with van der Waals surface area (Å²) in [6.07, 6.45) is 13.6. The number of nitro groups is 3. The molecule has 0 bridgehead atoms. The molecule has 0 saturated heterocycles. The van der Waals surface area contributed by atoms with Crippen LogP contribution in [-0.2, 0) is 9.47 Å². The second-order valence-electron chi connectivity index (χ2n) is 9.83. The van der Waals surface area contributed by atoms with Gasteiger partial charge in [-0.3, -0.25) is 30.3 Å². The molecule has 0 saturated carbocycles. The number of nitro benzene ring substituents is 3. The van der Waals surface area contributed by atoms with Gasteiger partial charge in [-0.1, -0.05) is 90.2 Å². The summed E-state index contributed by atoms with van der Waals surface area (Å²) in [6.45, 7) is 5.17. The van der Waals surface area contributed by atoms with Gasteiger partial charge in [0.15, 0.2) is 0 Å². The largest absolute Gasteiger partial charge is 0.462 e. The normalized spacial score (nSPS) is 10.3. The Hall–Kier alpha value is -4.42. The van der Waals surface area contributed by atoms with Crippen molar-refractivity contribution in [1.82, 2.24) is 0 Å². The Morgan fingerprint density at radius 1 is 0.558 bits per heavy atom. The lowest BCUT2D eigenvalue weighted by molar-refractivity contribution is -0.403. The zero-order valence-electron chi connectivity index (χ0n) is 24.9. The first-order valence-corrected chi connectivity index (χ1v) is 14.6. The van der Waals surface area contributed by atoms with Gasteiger partial charge in [-0.15, -0.1) is 0 Å². The van der Waals surface area contributed by atoms with Crippen molar-refractivity contribution in [3.05, 3.63) is 83.9 Å². The molecule has 0 N–H and O–H groups in total. The Kier molecular flexibility index (Phi) is 18.1. The highest BCUT2D eigenvalue weighted by atomic mass is 16.6. The number of non-ortho nitro benzene ring substituents is 3. The maximum absolute atomic E-state index is 12.4. The lowest BCUT2D eigenvalue weighted by Gasteiger charge is -2.10. The Morgan fingerprint density at radius 3 is 1.16 bits per heavy atom. The molecule has 0 fully saturated rings. The summed E-state index contributed by atoms with van der Waals surface area (Å²) in [5.74, 6) is -0.888. The van der Waals surface area contributed by atoms with Gasteiger partial charge in [0.05, 0.1) is 57.3 Å². The molecule has 2 aromatic carbocycles. The van der Waals surface area contributed by atoms with Gasteiger partial charge in [0, 0.05) is 0 Å². The first-order chi connectivity index (χ1) is 20.6. The molecule has 236 valence electrons. The van der Waals surface area contributed by atoms with E-state index in [-0.39, 0.29) is 0 Å². The van der Waals surface area contributed by atoms with Crippen LogP contribution in [0, 0.1) is 30.3 Å². The molecule has 0 heterocycles. The molecular formula is C30H41N3O10. The van der Waals surface area contributed by atoms with Crippen molar-refractivity contribution in [3.8, 4) is 0 Å². The third-order valence-corrected chi connectivity index (χ3v) is 6.35. The molecule has 0 aliphatic carbocycles. The van der Waals surface area contributed by atoms with Gasteiger partial charge in [-0.25, -0.2) is 9.59 Å². The molecular weight excluding hydrogens is 562 g/mol. The molecule has 0 aliphatic heterocycles. The van der Waals surface area contributed by atoms with Crippen molar-refractivity contribution in [2.24, 2.45) is 0 Å². The van der Waals surface area contributed by atoms with Crippen LogP contribution in [0.2, 0.25) is 0 Å². The number of hydrogen-bond donors (Lipinski definition) is 0. The number of unbranched alkanes of at least 4 members (excludes halogenated alkanes) is 10. The van der Waals surface area contributed by atoms with Gasteiger partial charge in [0.2, 0.25) is 0 Å². The predicted octanol–water partition coefficient (Wildman–Crippen LogP) is 8.13. The summed E-state index contributed by atoms with van der Waals surface area (Å²) >= 11 is 0. The maximum atomic E-state index is 12.4. The minimum atomic E-state index is -0.931. The summed E-state index contributed by atoms with van der Waals surface area (Å²) in [6, 6.07) is 8.72. The van der Waals surface area contributed by atoms with E-state index in [9.17, 15) is 39.9 Å². The molecule has 13 nitrogen and oxygen atoms in total. The van der Waals surface area contributed by atoms with Crippen LogP contribution in [0.5, 0.6) is 0 Å². The molecule has 0 aliphatic rings. The number of carbonyl (C=O) groups is 2. The third kappa shape index (κ3) is 14.9. The summed E-state index contributed by atoms with van der Waals surface area (Å²) in [5, 5.41) is 30.9. The van der Waals surface area contributed by atoms with E-state index in [1.54, 1.807) is 24.3 Å². The van der Waals surface area contributed by atoms with Crippen LogP contribution in [0.3, 0.4) is 0 Å². The summed E-state index contributed by atoms with van der Waals surface area (Å²) < 4.78 is 10.7. The van der Waals surface area contributed by atoms with E-state index in [0.717, 1.165) is 25.7 Å². The Balaban J connectivity index is 0.000000517. The van der Waals surface area contributed by atoms with E-state index >= 15 is 0 Å². The van der Waals surface area contributed by atoms with E-state index < -0.39 is 43.8 Å². The van der Waals surface area contributed by atoms with E-state index in [1.807, 2.05) is 0 Å². The first kappa shape index (κ1) is 36.6.